The number of urea groups is 1. The van der Waals surface area contributed by atoms with E-state index in [1.807, 2.05) is 19.1 Å². The van der Waals surface area contributed by atoms with E-state index >= 15 is 0 Å². The van der Waals surface area contributed by atoms with Gasteiger partial charge < -0.3 is 15.4 Å². The van der Waals surface area contributed by atoms with Crippen molar-refractivity contribution in [3.05, 3.63) is 59.7 Å². The predicted octanol–water partition coefficient (Wildman–Crippen LogP) is 4.47. The van der Waals surface area contributed by atoms with Crippen LogP contribution >= 0.6 is 0 Å². The van der Waals surface area contributed by atoms with Crippen molar-refractivity contribution >= 4 is 11.7 Å². The van der Waals surface area contributed by atoms with Crippen molar-refractivity contribution in [3.8, 4) is 5.75 Å². The first-order chi connectivity index (χ1) is 11.4. The molecule has 128 valence electrons. The first-order valence-electron chi connectivity index (χ1n) is 7.35. The summed E-state index contributed by atoms with van der Waals surface area (Å²) in [5, 5.41) is 5.12. The molecule has 24 heavy (non-hydrogen) atoms. The third kappa shape index (κ3) is 5.49. The molecule has 0 atom stereocenters. The molecule has 0 aliphatic carbocycles. The fourth-order valence-electron chi connectivity index (χ4n) is 2.05. The monoisotopic (exact) mass is 338 g/mol. The predicted molar refractivity (Wildman–Crippen MR) is 84.8 cm³/mol. The Morgan fingerprint density at radius 1 is 1.08 bits per heavy atom. The highest BCUT2D eigenvalue weighted by molar-refractivity contribution is 5.89. The maximum absolute atomic E-state index is 12.3. The third-order valence-electron chi connectivity index (χ3n) is 3.26. The quantitative estimate of drug-likeness (QED) is 0.845. The van der Waals surface area contributed by atoms with Gasteiger partial charge in [-0.25, -0.2) is 4.79 Å². The number of hydrogen-bond acceptors (Lipinski definition) is 2. The van der Waals surface area contributed by atoms with Crippen molar-refractivity contribution in [2.24, 2.45) is 0 Å². The zero-order valence-electron chi connectivity index (χ0n) is 13.0. The van der Waals surface area contributed by atoms with Gasteiger partial charge in [-0.2, -0.15) is 0 Å². The van der Waals surface area contributed by atoms with Crippen LogP contribution in [0.5, 0.6) is 5.75 Å². The van der Waals surface area contributed by atoms with Crippen LogP contribution in [0.1, 0.15) is 18.1 Å². The van der Waals surface area contributed by atoms with Gasteiger partial charge in [0.15, 0.2) is 0 Å². The Hall–Kier alpha value is -2.70. The molecule has 2 amide bonds. The topological polar surface area (TPSA) is 50.4 Å². The zero-order chi connectivity index (χ0) is 17.6. The molecule has 2 aromatic carbocycles. The Bertz CT molecular complexity index is 685. The number of amides is 2. The number of ether oxygens (including phenoxy) is 1. The first kappa shape index (κ1) is 17.7. The largest absolute Gasteiger partial charge is 0.573 e. The maximum Gasteiger partial charge on any atom is 0.573 e. The Morgan fingerprint density at radius 3 is 2.38 bits per heavy atom. The lowest BCUT2D eigenvalue weighted by Gasteiger charge is -2.14. The summed E-state index contributed by atoms with van der Waals surface area (Å²) in [4.78, 5) is 11.9. The van der Waals surface area contributed by atoms with Gasteiger partial charge in [0.1, 0.15) is 5.75 Å². The second kappa shape index (κ2) is 7.72. The number of para-hydroxylation sites is 1. The van der Waals surface area contributed by atoms with Gasteiger partial charge in [0.2, 0.25) is 0 Å². The van der Waals surface area contributed by atoms with E-state index in [1.165, 1.54) is 18.2 Å². The van der Waals surface area contributed by atoms with E-state index < -0.39 is 12.4 Å². The molecule has 7 heteroatoms. The van der Waals surface area contributed by atoms with E-state index in [1.54, 1.807) is 18.2 Å². The van der Waals surface area contributed by atoms with Crippen LogP contribution in [-0.2, 0) is 13.0 Å². The molecule has 0 radical (unpaired) electrons. The molecule has 0 aliphatic rings. The minimum Gasteiger partial charge on any atom is -0.405 e. The van der Waals surface area contributed by atoms with Gasteiger partial charge in [-0.3, -0.25) is 0 Å². The molecule has 4 nitrogen and oxygen atoms in total. The van der Waals surface area contributed by atoms with Crippen LogP contribution in [0.2, 0.25) is 0 Å². The lowest BCUT2D eigenvalue weighted by atomic mass is 10.1. The van der Waals surface area contributed by atoms with E-state index in [9.17, 15) is 18.0 Å². The number of carbonyl (C=O) groups is 1. The smallest absolute Gasteiger partial charge is 0.405 e. The van der Waals surface area contributed by atoms with Crippen LogP contribution in [0.4, 0.5) is 23.7 Å². The van der Waals surface area contributed by atoms with Crippen LogP contribution in [-0.4, -0.2) is 12.4 Å². The SMILES string of the molecule is CCc1ccc(NC(=O)NCc2ccccc2OC(F)(F)F)cc1. The zero-order valence-corrected chi connectivity index (χ0v) is 13.0. The molecule has 0 aliphatic heterocycles. The molecule has 2 N–H and O–H groups in total. The number of hydrogen-bond donors (Lipinski definition) is 2. The number of anilines is 1. The molecule has 0 bridgehead atoms. The molecule has 0 aromatic heterocycles. The number of halogens is 3. The summed E-state index contributed by atoms with van der Waals surface area (Å²) in [6, 6.07) is 12.5. The van der Waals surface area contributed by atoms with Crippen LogP contribution in [0.25, 0.3) is 0 Å². The van der Waals surface area contributed by atoms with Crippen LogP contribution in [0.15, 0.2) is 48.5 Å². The normalized spacial score (nSPS) is 11.0. The van der Waals surface area contributed by atoms with Crippen molar-refractivity contribution in [3.63, 3.8) is 0 Å². The van der Waals surface area contributed by atoms with E-state index in [-0.39, 0.29) is 17.9 Å². The van der Waals surface area contributed by atoms with Gasteiger partial charge >= 0.3 is 12.4 Å². The van der Waals surface area contributed by atoms with Crippen molar-refractivity contribution < 1.29 is 22.7 Å². The Labute approximate surface area is 137 Å². The second-order valence-electron chi connectivity index (χ2n) is 5.01. The standard InChI is InChI=1S/C17H17F3N2O2/c1-2-12-7-9-14(10-8-12)22-16(23)21-11-13-5-3-4-6-15(13)24-17(18,19)20/h3-10H,2,11H2,1H3,(H2,21,22,23). The fourth-order valence-corrected chi connectivity index (χ4v) is 2.05. The lowest BCUT2D eigenvalue weighted by molar-refractivity contribution is -0.274. The van der Waals surface area contributed by atoms with Gasteiger partial charge in [0.05, 0.1) is 0 Å². The minimum absolute atomic E-state index is 0.0921. The summed E-state index contributed by atoms with van der Waals surface area (Å²) < 4.78 is 41.0. The second-order valence-corrected chi connectivity index (χ2v) is 5.01. The van der Waals surface area contributed by atoms with E-state index in [0.717, 1.165) is 12.0 Å². The summed E-state index contributed by atoms with van der Waals surface area (Å²) in [6.45, 7) is 1.93. The van der Waals surface area contributed by atoms with Crippen molar-refractivity contribution in [2.75, 3.05) is 5.32 Å². The van der Waals surface area contributed by atoms with Gasteiger partial charge in [-0.1, -0.05) is 37.3 Å². The fraction of sp³-hybridized carbons (Fsp3) is 0.235. The average molecular weight is 338 g/mol. The van der Waals surface area contributed by atoms with Gasteiger partial charge in [-0.15, -0.1) is 13.2 Å². The third-order valence-corrected chi connectivity index (χ3v) is 3.26. The van der Waals surface area contributed by atoms with E-state index in [2.05, 4.69) is 15.4 Å². The van der Waals surface area contributed by atoms with E-state index in [4.69, 9.17) is 0 Å². The molecule has 0 unspecified atom stereocenters. The molecule has 0 fully saturated rings. The van der Waals surface area contributed by atoms with Crippen LogP contribution < -0.4 is 15.4 Å². The average Bonchev–Trinajstić information content (AvgIpc) is 2.53. The van der Waals surface area contributed by atoms with Crippen molar-refractivity contribution in [2.45, 2.75) is 26.3 Å². The molecule has 0 spiro atoms. The molecule has 0 heterocycles. The van der Waals surface area contributed by atoms with Crippen molar-refractivity contribution in [1.29, 1.82) is 0 Å². The highest BCUT2D eigenvalue weighted by atomic mass is 19.4. The highest BCUT2D eigenvalue weighted by Crippen LogP contribution is 2.26. The summed E-state index contributed by atoms with van der Waals surface area (Å²) in [5.74, 6) is -0.336. The Morgan fingerprint density at radius 2 is 1.75 bits per heavy atom. The number of benzene rings is 2. The highest BCUT2D eigenvalue weighted by Gasteiger charge is 2.31. The number of alkyl halides is 3. The molecule has 2 aromatic rings. The van der Waals surface area contributed by atoms with E-state index in [0.29, 0.717) is 5.69 Å². The number of aryl methyl sites for hydroxylation is 1. The maximum atomic E-state index is 12.3. The van der Waals surface area contributed by atoms with Gasteiger partial charge in [-0.05, 0) is 30.2 Å². The molecule has 0 saturated carbocycles. The Balaban J connectivity index is 1.94. The van der Waals surface area contributed by atoms with Crippen LogP contribution in [0.3, 0.4) is 0 Å². The van der Waals surface area contributed by atoms with Crippen molar-refractivity contribution in [1.82, 2.24) is 5.32 Å². The molecule has 0 saturated heterocycles. The summed E-state index contributed by atoms with van der Waals surface area (Å²) >= 11 is 0. The lowest BCUT2D eigenvalue weighted by Crippen LogP contribution is -2.28. The summed E-state index contributed by atoms with van der Waals surface area (Å²) in [6.07, 6.45) is -3.89. The minimum atomic E-state index is -4.78. The molecular weight excluding hydrogens is 321 g/mol. The number of carbonyl (C=O) groups excluding carboxylic acids is 1. The summed E-state index contributed by atoms with van der Waals surface area (Å²) in [5.41, 5.74) is 1.97. The van der Waals surface area contributed by atoms with Gasteiger partial charge in [0, 0.05) is 17.8 Å². The Kier molecular flexibility index (Phi) is 5.68. The summed E-state index contributed by atoms with van der Waals surface area (Å²) in [7, 11) is 0. The van der Waals surface area contributed by atoms with Crippen LogP contribution in [0, 0.1) is 0 Å². The molecule has 2 rings (SSSR count). The number of rotatable bonds is 5. The number of nitrogens with one attached hydrogen (secondary N) is 2. The molecular formula is C17H17F3N2O2. The first-order valence-corrected chi connectivity index (χ1v) is 7.35. The van der Waals surface area contributed by atoms with Gasteiger partial charge in [0.25, 0.3) is 0 Å².